The summed E-state index contributed by atoms with van der Waals surface area (Å²) in [5, 5.41) is 2.54. The van der Waals surface area contributed by atoms with Crippen LogP contribution >= 0.6 is 0 Å². The lowest BCUT2D eigenvalue weighted by molar-refractivity contribution is -0.130. The van der Waals surface area contributed by atoms with Gasteiger partial charge in [0.2, 0.25) is 5.91 Å². The Bertz CT molecular complexity index is 710. The van der Waals surface area contributed by atoms with E-state index in [1.807, 2.05) is 4.90 Å². The third kappa shape index (κ3) is 3.56. The number of carbonyl (C=O) groups excluding carboxylic acids is 2. The van der Waals surface area contributed by atoms with E-state index in [1.165, 1.54) is 18.4 Å². The SMILES string of the molecule is O=C(NCC(=O)N1CCN(c2ccccc2F)CC1)c1ccco1. The minimum Gasteiger partial charge on any atom is -0.459 e. The van der Waals surface area contributed by atoms with Crippen LogP contribution in [0.5, 0.6) is 0 Å². The van der Waals surface area contributed by atoms with E-state index in [0.29, 0.717) is 31.9 Å². The molecule has 126 valence electrons. The molecule has 1 aromatic carbocycles. The third-order valence-electron chi connectivity index (χ3n) is 3.97. The number of nitrogens with zero attached hydrogens (tertiary/aromatic N) is 2. The van der Waals surface area contributed by atoms with E-state index in [2.05, 4.69) is 5.32 Å². The van der Waals surface area contributed by atoms with Crippen LogP contribution < -0.4 is 10.2 Å². The molecule has 1 N–H and O–H groups in total. The molecule has 0 unspecified atom stereocenters. The largest absolute Gasteiger partial charge is 0.459 e. The average Bonchev–Trinajstić information content (AvgIpc) is 3.15. The number of para-hydroxylation sites is 1. The maximum atomic E-state index is 13.8. The van der Waals surface area contributed by atoms with Crippen LogP contribution in [0.25, 0.3) is 0 Å². The number of amides is 2. The van der Waals surface area contributed by atoms with E-state index in [9.17, 15) is 14.0 Å². The monoisotopic (exact) mass is 331 g/mol. The zero-order chi connectivity index (χ0) is 16.9. The lowest BCUT2D eigenvalue weighted by atomic mass is 10.2. The van der Waals surface area contributed by atoms with Gasteiger partial charge in [-0.1, -0.05) is 12.1 Å². The number of hydrogen-bond acceptors (Lipinski definition) is 4. The predicted molar refractivity (Wildman–Crippen MR) is 86.2 cm³/mol. The summed E-state index contributed by atoms with van der Waals surface area (Å²) < 4.78 is 18.8. The second kappa shape index (κ2) is 7.16. The quantitative estimate of drug-likeness (QED) is 0.922. The number of rotatable bonds is 4. The lowest BCUT2D eigenvalue weighted by Crippen LogP contribution is -2.51. The van der Waals surface area contributed by atoms with Crippen molar-refractivity contribution in [3.63, 3.8) is 0 Å². The second-order valence-electron chi connectivity index (χ2n) is 5.48. The topological polar surface area (TPSA) is 65.8 Å². The molecule has 1 aliphatic rings. The minimum atomic E-state index is -0.418. The summed E-state index contributed by atoms with van der Waals surface area (Å²) in [4.78, 5) is 27.5. The Morgan fingerprint density at radius 2 is 1.83 bits per heavy atom. The van der Waals surface area contributed by atoms with E-state index in [1.54, 1.807) is 29.2 Å². The number of nitrogens with one attached hydrogen (secondary N) is 1. The Balaban J connectivity index is 1.48. The number of hydrogen-bond donors (Lipinski definition) is 1. The fraction of sp³-hybridized carbons (Fsp3) is 0.294. The average molecular weight is 331 g/mol. The van der Waals surface area contributed by atoms with Crippen molar-refractivity contribution in [3.05, 3.63) is 54.2 Å². The zero-order valence-corrected chi connectivity index (χ0v) is 13.1. The van der Waals surface area contributed by atoms with Crippen LogP contribution in [0.4, 0.5) is 10.1 Å². The van der Waals surface area contributed by atoms with Gasteiger partial charge in [-0.05, 0) is 24.3 Å². The highest BCUT2D eigenvalue weighted by molar-refractivity contribution is 5.94. The molecule has 3 rings (SSSR count). The molecule has 24 heavy (non-hydrogen) atoms. The van der Waals surface area contributed by atoms with Gasteiger partial charge in [-0.15, -0.1) is 0 Å². The molecule has 0 spiro atoms. The Hall–Kier alpha value is -2.83. The molecular formula is C17H18FN3O3. The fourth-order valence-corrected chi connectivity index (χ4v) is 2.67. The van der Waals surface area contributed by atoms with Gasteiger partial charge in [0.05, 0.1) is 18.5 Å². The maximum absolute atomic E-state index is 13.8. The molecule has 1 aromatic heterocycles. The predicted octanol–water partition coefficient (Wildman–Crippen LogP) is 1.50. The normalized spacial score (nSPS) is 14.5. The number of furan rings is 1. The highest BCUT2D eigenvalue weighted by atomic mass is 19.1. The Morgan fingerprint density at radius 3 is 2.50 bits per heavy atom. The van der Waals surface area contributed by atoms with Gasteiger partial charge < -0.3 is 19.5 Å². The summed E-state index contributed by atoms with van der Waals surface area (Å²) in [6, 6.07) is 9.75. The summed E-state index contributed by atoms with van der Waals surface area (Å²) in [5.74, 6) is -0.670. The van der Waals surface area contributed by atoms with Gasteiger partial charge in [0.1, 0.15) is 5.82 Å². The van der Waals surface area contributed by atoms with Crippen LogP contribution in [0.15, 0.2) is 47.1 Å². The van der Waals surface area contributed by atoms with Crippen molar-refractivity contribution in [2.75, 3.05) is 37.6 Å². The van der Waals surface area contributed by atoms with E-state index in [4.69, 9.17) is 4.42 Å². The van der Waals surface area contributed by atoms with Crippen molar-refractivity contribution in [3.8, 4) is 0 Å². The first kappa shape index (κ1) is 16.0. The molecule has 6 nitrogen and oxygen atoms in total. The molecule has 0 atom stereocenters. The van der Waals surface area contributed by atoms with Crippen molar-refractivity contribution in [1.82, 2.24) is 10.2 Å². The van der Waals surface area contributed by atoms with Crippen LogP contribution in [-0.2, 0) is 4.79 Å². The first-order chi connectivity index (χ1) is 11.6. The zero-order valence-electron chi connectivity index (χ0n) is 13.1. The van der Waals surface area contributed by atoms with Gasteiger partial charge in [-0.3, -0.25) is 9.59 Å². The van der Waals surface area contributed by atoms with Gasteiger partial charge in [0.15, 0.2) is 5.76 Å². The molecular weight excluding hydrogens is 313 g/mol. The Kier molecular flexibility index (Phi) is 4.79. The molecule has 1 aliphatic heterocycles. The molecule has 0 radical (unpaired) electrons. The smallest absolute Gasteiger partial charge is 0.287 e. The van der Waals surface area contributed by atoms with Crippen LogP contribution in [0.3, 0.4) is 0 Å². The summed E-state index contributed by atoms with van der Waals surface area (Å²) >= 11 is 0. The number of halogens is 1. The van der Waals surface area contributed by atoms with Gasteiger partial charge in [0, 0.05) is 26.2 Å². The fourth-order valence-electron chi connectivity index (χ4n) is 2.67. The van der Waals surface area contributed by atoms with Crippen LogP contribution in [0, 0.1) is 5.82 Å². The highest BCUT2D eigenvalue weighted by Gasteiger charge is 2.23. The highest BCUT2D eigenvalue weighted by Crippen LogP contribution is 2.20. The van der Waals surface area contributed by atoms with Gasteiger partial charge in [-0.25, -0.2) is 4.39 Å². The number of piperazine rings is 1. The minimum absolute atomic E-state index is 0.0841. The maximum Gasteiger partial charge on any atom is 0.287 e. The van der Waals surface area contributed by atoms with E-state index < -0.39 is 5.91 Å². The second-order valence-corrected chi connectivity index (χ2v) is 5.48. The molecule has 0 bridgehead atoms. The van der Waals surface area contributed by atoms with Crippen LogP contribution in [0.1, 0.15) is 10.6 Å². The molecule has 2 aromatic rings. The number of benzene rings is 1. The molecule has 2 heterocycles. The molecule has 1 fully saturated rings. The first-order valence-electron chi connectivity index (χ1n) is 7.74. The summed E-state index contributed by atoms with van der Waals surface area (Å²) in [7, 11) is 0. The van der Waals surface area contributed by atoms with Gasteiger partial charge in [0.25, 0.3) is 5.91 Å². The van der Waals surface area contributed by atoms with Gasteiger partial charge in [-0.2, -0.15) is 0 Å². The standard InChI is InChI=1S/C17H18FN3O3/c18-13-4-1-2-5-14(13)20-7-9-21(10-8-20)16(22)12-19-17(23)15-6-3-11-24-15/h1-6,11H,7-10,12H2,(H,19,23). The van der Waals surface area contributed by atoms with Crippen molar-refractivity contribution in [2.24, 2.45) is 0 Å². The van der Waals surface area contributed by atoms with E-state index >= 15 is 0 Å². The van der Waals surface area contributed by atoms with Crippen molar-refractivity contribution in [1.29, 1.82) is 0 Å². The number of anilines is 1. The molecule has 7 heteroatoms. The van der Waals surface area contributed by atoms with Crippen LogP contribution in [0.2, 0.25) is 0 Å². The Morgan fingerprint density at radius 1 is 1.08 bits per heavy atom. The molecule has 0 aliphatic carbocycles. The van der Waals surface area contributed by atoms with Crippen molar-refractivity contribution < 1.29 is 18.4 Å². The molecule has 0 saturated carbocycles. The van der Waals surface area contributed by atoms with Crippen LogP contribution in [-0.4, -0.2) is 49.4 Å². The van der Waals surface area contributed by atoms with Crippen molar-refractivity contribution >= 4 is 17.5 Å². The summed E-state index contributed by atoms with van der Waals surface area (Å²) in [6.45, 7) is 2.00. The van der Waals surface area contributed by atoms with Crippen molar-refractivity contribution in [2.45, 2.75) is 0 Å². The number of carbonyl (C=O) groups is 2. The third-order valence-corrected chi connectivity index (χ3v) is 3.97. The lowest BCUT2D eigenvalue weighted by Gasteiger charge is -2.36. The summed E-state index contributed by atoms with van der Waals surface area (Å²) in [6.07, 6.45) is 1.40. The van der Waals surface area contributed by atoms with Gasteiger partial charge >= 0.3 is 0 Å². The Labute approximate surface area is 138 Å². The van der Waals surface area contributed by atoms with E-state index in [-0.39, 0.29) is 24.0 Å². The molecule has 2 amide bonds. The molecule has 1 saturated heterocycles. The summed E-state index contributed by atoms with van der Waals surface area (Å²) in [5.41, 5.74) is 0.552. The van der Waals surface area contributed by atoms with E-state index in [0.717, 1.165) is 0 Å². The first-order valence-corrected chi connectivity index (χ1v) is 7.74.